The summed E-state index contributed by atoms with van der Waals surface area (Å²) in [7, 11) is 1.49. The van der Waals surface area contributed by atoms with Gasteiger partial charge in [-0.25, -0.2) is 0 Å². The Morgan fingerprint density at radius 3 is 2.52 bits per heavy atom. The number of hydrogen-bond acceptors (Lipinski definition) is 4. The molecular formula is C22H23N3O4. The highest BCUT2D eigenvalue weighted by atomic mass is 16.5. The van der Waals surface area contributed by atoms with Crippen molar-refractivity contribution in [2.45, 2.75) is 26.3 Å². The van der Waals surface area contributed by atoms with E-state index < -0.39 is 11.1 Å². The third kappa shape index (κ3) is 4.45. The van der Waals surface area contributed by atoms with Crippen LogP contribution < -0.4 is 21.2 Å². The van der Waals surface area contributed by atoms with Crippen molar-refractivity contribution in [1.29, 1.82) is 0 Å². The van der Waals surface area contributed by atoms with Gasteiger partial charge in [-0.2, -0.15) is 0 Å². The molecule has 1 aromatic heterocycles. The van der Waals surface area contributed by atoms with Crippen LogP contribution in [0.15, 0.2) is 70.5 Å². The molecule has 0 radical (unpaired) electrons. The number of amides is 1. The summed E-state index contributed by atoms with van der Waals surface area (Å²) in [4.78, 5) is 37.4. The average Bonchev–Trinajstić information content (AvgIpc) is 2.72. The monoisotopic (exact) mass is 393 g/mol. The van der Waals surface area contributed by atoms with E-state index in [-0.39, 0.29) is 12.5 Å². The van der Waals surface area contributed by atoms with Gasteiger partial charge in [-0.15, -0.1) is 0 Å². The lowest BCUT2D eigenvalue weighted by atomic mass is 10.0. The molecule has 0 aliphatic heterocycles. The van der Waals surface area contributed by atoms with E-state index in [1.807, 2.05) is 18.2 Å². The number of carbonyl (C=O) groups excluding carboxylic acids is 1. The maximum Gasteiger partial charge on any atom is 0.321 e. The van der Waals surface area contributed by atoms with E-state index in [4.69, 9.17) is 4.74 Å². The Balaban J connectivity index is 1.83. The molecule has 0 aliphatic carbocycles. The summed E-state index contributed by atoms with van der Waals surface area (Å²) >= 11 is 0. The number of ether oxygens (including phenoxy) is 1. The van der Waals surface area contributed by atoms with E-state index in [1.165, 1.54) is 24.1 Å². The van der Waals surface area contributed by atoms with E-state index in [1.54, 1.807) is 30.3 Å². The first-order valence-corrected chi connectivity index (χ1v) is 9.26. The lowest BCUT2D eigenvalue weighted by Crippen LogP contribution is -2.41. The fraction of sp³-hybridized carbons (Fsp3) is 0.227. The number of methoxy groups -OCH3 is 1. The van der Waals surface area contributed by atoms with E-state index in [0.29, 0.717) is 23.0 Å². The zero-order valence-electron chi connectivity index (χ0n) is 16.6. The van der Waals surface area contributed by atoms with E-state index >= 15 is 0 Å². The molecule has 1 amide bonds. The van der Waals surface area contributed by atoms with Gasteiger partial charge in [-0.3, -0.25) is 23.5 Å². The molecule has 0 aliphatic rings. The van der Waals surface area contributed by atoms with Crippen molar-refractivity contribution in [2.24, 2.45) is 0 Å². The quantitative estimate of drug-likeness (QED) is 0.653. The van der Waals surface area contributed by atoms with Crippen molar-refractivity contribution >= 4 is 11.6 Å². The summed E-state index contributed by atoms with van der Waals surface area (Å²) in [6.45, 7) is 3.88. The van der Waals surface area contributed by atoms with Gasteiger partial charge in [0.05, 0.1) is 12.8 Å². The van der Waals surface area contributed by atoms with Crippen LogP contribution in [0, 0.1) is 0 Å². The van der Waals surface area contributed by atoms with Crippen LogP contribution in [0.1, 0.15) is 25.3 Å². The molecule has 0 saturated carbocycles. The number of hydrogen-bond donors (Lipinski definition) is 1. The normalized spacial score (nSPS) is 10.8. The number of aromatic nitrogens is 2. The third-order valence-electron chi connectivity index (χ3n) is 4.55. The molecular weight excluding hydrogens is 370 g/mol. The van der Waals surface area contributed by atoms with Crippen LogP contribution in [-0.4, -0.2) is 22.2 Å². The zero-order chi connectivity index (χ0) is 21.0. The van der Waals surface area contributed by atoms with Gasteiger partial charge < -0.3 is 10.1 Å². The SMILES string of the molecule is COc1ccccc1-n1ccn(CC(=O)Nc2cccc(C(C)C)c2)c(=O)c1=O. The Morgan fingerprint density at radius 2 is 1.79 bits per heavy atom. The minimum Gasteiger partial charge on any atom is -0.495 e. The number of para-hydroxylation sites is 2. The Morgan fingerprint density at radius 1 is 1.03 bits per heavy atom. The molecule has 29 heavy (non-hydrogen) atoms. The first-order valence-electron chi connectivity index (χ1n) is 9.26. The molecule has 2 aromatic carbocycles. The van der Waals surface area contributed by atoms with Gasteiger partial charge in [0, 0.05) is 18.1 Å². The van der Waals surface area contributed by atoms with Gasteiger partial charge in [0.1, 0.15) is 12.3 Å². The maximum absolute atomic E-state index is 12.6. The maximum atomic E-state index is 12.6. The number of rotatable bonds is 6. The van der Waals surface area contributed by atoms with Gasteiger partial charge >= 0.3 is 11.1 Å². The number of nitrogens with one attached hydrogen (secondary N) is 1. The molecule has 7 nitrogen and oxygen atoms in total. The van der Waals surface area contributed by atoms with Crippen LogP contribution in [0.4, 0.5) is 5.69 Å². The number of nitrogens with zero attached hydrogens (tertiary/aromatic N) is 2. The number of carbonyl (C=O) groups is 1. The molecule has 3 rings (SSSR count). The molecule has 1 heterocycles. The Kier molecular flexibility index (Phi) is 5.97. The summed E-state index contributed by atoms with van der Waals surface area (Å²) in [5.41, 5.74) is 0.659. The van der Waals surface area contributed by atoms with Crippen molar-refractivity contribution < 1.29 is 9.53 Å². The second kappa shape index (κ2) is 8.60. The highest BCUT2D eigenvalue weighted by molar-refractivity contribution is 5.90. The van der Waals surface area contributed by atoms with Crippen molar-refractivity contribution in [3.63, 3.8) is 0 Å². The summed E-state index contributed by atoms with van der Waals surface area (Å²) < 4.78 is 7.55. The van der Waals surface area contributed by atoms with Crippen LogP contribution >= 0.6 is 0 Å². The predicted octanol–water partition coefficient (Wildman–Crippen LogP) is 2.77. The van der Waals surface area contributed by atoms with Crippen molar-refractivity contribution in [1.82, 2.24) is 9.13 Å². The lowest BCUT2D eigenvalue weighted by molar-refractivity contribution is -0.116. The van der Waals surface area contributed by atoms with Gasteiger partial charge in [0.2, 0.25) is 5.91 Å². The minimum atomic E-state index is -0.788. The standard InChI is InChI=1S/C22H23N3O4/c1-15(2)16-7-6-8-17(13-16)23-20(26)14-24-11-12-25(22(28)21(24)27)18-9-4-5-10-19(18)29-3/h4-13,15H,14H2,1-3H3,(H,23,26). The lowest BCUT2D eigenvalue weighted by Gasteiger charge is -2.12. The van der Waals surface area contributed by atoms with Crippen molar-refractivity contribution in [3.05, 3.63) is 87.2 Å². The number of benzene rings is 2. The molecule has 0 bridgehead atoms. The molecule has 1 N–H and O–H groups in total. The van der Waals surface area contributed by atoms with Crippen LogP contribution in [-0.2, 0) is 11.3 Å². The fourth-order valence-electron chi connectivity index (χ4n) is 2.98. The van der Waals surface area contributed by atoms with Gasteiger partial charge in [0.15, 0.2) is 0 Å². The van der Waals surface area contributed by atoms with Gasteiger partial charge in [-0.05, 0) is 35.7 Å². The molecule has 0 fully saturated rings. The zero-order valence-corrected chi connectivity index (χ0v) is 16.6. The molecule has 3 aromatic rings. The topological polar surface area (TPSA) is 82.3 Å². The van der Waals surface area contributed by atoms with Crippen LogP contribution in [0.3, 0.4) is 0 Å². The molecule has 0 atom stereocenters. The van der Waals surface area contributed by atoms with Gasteiger partial charge in [0.25, 0.3) is 0 Å². The minimum absolute atomic E-state index is 0.257. The van der Waals surface area contributed by atoms with E-state index in [0.717, 1.165) is 10.1 Å². The molecule has 7 heteroatoms. The van der Waals surface area contributed by atoms with Crippen LogP contribution in [0.25, 0.3) is 5.69 Å². The second-order valence-corrected chi connectivity index (χ2v) is 6.91. The van der Waals surface area contributed by atoms with Crippen LogP contribution in [0.5, 0.6) is 5.75 Å². The van der Waals surface area contributed by atoms with E-state index in [2.05, 4.69) is 19.2 Å². The first-order chi connectivity index (χ1) is 13.9. The highest BCUT2D eigenvalue weighted by Crippen LogP contribution is 2.20. The Labute approximate surface area is 168 Å². The highest BCUT2D eigenvalue weighted by Gasteiger charge is 2.13. The summed E-state index contributed by atoms with van der Waals surface area (Å²) in [5, 5.41) is 2.77. The summed E-state index contributed by atoms with van der Waals surface area (Å²) in [5.74, 6) is 0.411. The third-order valence-corrected chi connectivity index (χ3v) is 4.55. The molecule has 150 valence electrons. The summed E-state index contributed by atoms with van der Waals surface area (Å²) in [6, 6.07) is 14.4. The number of anilines is 1. The Bertz CT molecular complexity index is 1150. The summed E-state index contributed by atoms with van der Waals surface area (Å²) in [6.07, 6.45) is 2.87. The fourth-order valence-corrected chi connectivity index (χ4v) is 2.98. The largest absolute Gasteiger partial charge is 0.495 e. The second-order valence-electron chi connectivity index (χ2n) is 6.91. The van der Waals surface area contributed by atoms with Crippen molar-refractivity contribution in [3.8, 4) is 11.4 Å². The Hall–Kier alpha value is -3.61. The smallest absolute Gasteiger partial charge is 0.321 e. The van der Waals surface area contributed by atoms with E-state index in [9.17, 15) is 14.4 Å². The average molecular weight is 393 g/mol. The molecule has 0 unspecified atom stereocenters. The van der Waals surface area contributed by atoms with Crippen LogP contribution in [0.2, 0.25) is 0 Å². The first kappa shape index (κ1) is 20.1. The van der Waals surface area contributed by atoms with Crippen molar-refractivity contribution in [2.75, 3.05) is 12.4 Å². The predicted molar refractivity (Wildman–Crippen MR) is 112 cm³/mol. The molecule has 0 spiro atoms. The van der Waals surface area contributed by atoms with Gasteiger partial charge in [-0.1, -0.05) is 38.1 Å². The molecule has 0 saturated heterocycles.